The van der Waals surface area contributed by atoms with Crippen molar-refractivity contribution in [1.82, 2.24) is 0 Å². The monoisotopic (exact) mass is 1180 g/mol. The molecule has 0 aliphatic carbocycles. The molecule has 0 spiro atoms. The molecule has 2 unspecified atom stereocenters. The highest BCUT2D eigenvalue weighted by atomic mass is 16.7. The number of allylic oxidation sites excluding steroid dienone is 20. The summed E-state index contributed by atoms with van der Waals surface area (Å²) in [6, 6.07) is 0. The Balaban J connectivity index is 4.23. The van der Waals surface area contributed by atoms with E-state index in [4.69, 9.17) is 18.9 Å². The molecule has 0 aromatic rings. The first kappa shape index (κ1) is 80.7. The molecule has 2 atom stereocenters. The molecule has 9 heteroatoms. The number of carboxylic acid groups (broad SMARTS) is 1. The van der Waals surface area contributed by atoms with Gasteiger partial charge in [-0.15, -0.1) is 0 Å². The first-order valence-corrected chi connectivity index (χ1v) is 34.7. The number of carbonyl (C=O) groups is 3. The summed E-state index contributed by atoms with van der Waals surface area (Å²) in [4.78, 5) is 37.6. The van der Waals surface area contributed by atoms with Crippen LogP contribution in [0.3, 0.4) is 0 Å². The normalized spacial score (nSPS) is 13.5. The van der Waals surface area contributed by atoms with Gasteiger partial charge in [0.05, 0.1) is 34.4 Å². The van der Waals surface area contributed by atoms with E-state index in [1.807, 2.05) is 21.1 Å². The van der Waals surface area contributed by atoms with Gasteiger partial charge in [-0.2, -0.15) is 0 Å². The minimum atomic E-state index is -1.52. The third kappa shape index (κ3) is 67.1. The summed E-state index contributed by atoms with van der Waals surface area (Å²) in [5.74, 6) is -2.04. The molecule has 0 aromatic carbocycles. The Morgan fingerprint density at radius 2 is 0.671 bits per heavy atom. The first-order valence-electron chi connectivity index (χ1n) is 34.7. The molecule has 0 fully saturated rings. The van der Waals surface area contributed by atoms with Crippen LogP contribution < -0.4 is 0 Å². The first-order chi connectivity index (χ1) is 41.6. The molecule has 0 radical (unpaired) electrons. The molecule has 0 aromatic heterocycles. The lowest BCUT2D eigenvalue weighted by Crippen LogP contribution is -2.40. The summed E-state index contributed by atoms with van der Waals surface area (Å²) in [5.41, 5.74) is 0. The van der Waals surface area contributed by atoms with E-state index in [0.29, 0.717) is 23.9 Å². The Labute approximate surface area is 523 Å². The van der Waals surface area contributed by atoms with Crippen LogP contribution in [0.5, 0.6) is 0 Å². The van der Waals surface area contributed by atoms with Crippen molar-refractivity contribution < 1.29 is 42.9 Å². The van der Waals surface area contributed by atoms with Crippen molar-refractivity contribution >= 4 is 17.9 Å². The Morgan fingerprint density at radius 1 is 0.365 bits per heavy atom. The van der Waals surface area contributed by atoms with Gasteiger partial charge in [0.2, 0.25) is 0 Å². The number of hydrogen-bond acceptors (Lipinski definition) is 7. The summed E-state index contributed by atoms with van der Waals surface area (Å²) < 4.78 is 22.9. The Hall–Kier alpha value is -4.31. The number of rotatable bonds is 63. The van der Waals surface area contributed by atoms with Crippen molar-refractivity contribution in [2.75, 3.05) is 47.5 Å². The summed E-state index contributed by atoms with van der Waals surface area (Å²) in [6.45, 7) is 4.75. The van der Waals surface area contributed by atoms with Gasteiger partial charge >= 0.3 is 17.9 Å². The van der Waals surface area contributed by atoms with E-state index in [9.17, 15) is 19.5 Å². The molecule has 0 amide bonds. The minimum absolute atomic E-state index is 0.178. The van der Waals surface area contributed by atoms with Crippen molar-refractivity contribution in [1.29, 1.82) is 0 Å². The molecule has 1 N–H and O–H groups in total. The van der Waals surface area contributed by atoms with E-state index in [1.165, 1.54) is 141 Å². The Kier molecular flexibility index (Phi) is 62.3. The van der Waals surface area contributed by atoms with Crippen LogP contribution in [0.2, 0.25) is 0 Å². The highest BCUT2D eigenvalue weighted by Crippen LogP contribution is 2.17. The standard InChI is InChI=1S/C76H129NO8/c1-6-8-10-12-14-16-18-20-22-24-26-28-30-32-33-34-35-36-37-38-39-40-41-43-45-47-49-51-53-55-57-59-61-63-65-67-74(79)85-72(71-84-76(75(80)81)82-69-68-77(3,4)5)70-83-73(78)66-64-62-60-58-56-54-52-50-48-46-44-42-31-29-27-25-23-21-19-17-15-13-11-9-7-2/h8,10,14,16,20,22,26,28,32-33,35-36,38-39,41,43,47,49,53,55,72,76H,6-7,9,11-13,15,17-19,21,23-25,27,29-31,34,37,40,42,44-46,48,50-52,54,56-71H2,1-5H3/p+1/b10-8-,16-14-,22-20-,28-26-,33-32-,36-35-,39-38-,43-41-,49-47-,55-53-. The summed E-state index contributed by atoms with van der Waals surface area (Å²) in [5, 5.41) is 9.74. The molecule has 0 saturated carbocycles. The van der Waals surface area contributed by atoms with Crippen LogP contribution in [0.4, 0.5) is 0 Å². The lowest BCUT2D eigenvalue weighted by molar-refractivity contribution is -0.870. The molecule has 486 valence electrons. The third-order valence-electron chi connectivity index (χ3n) is 14.7. The van der Waals surface area contributed by atoms with Gasteiger partial charge in [-0.3, -0.25) is 9.59 Å². The largest absolute Gasteiger partial charge is 0.477 e. The van der Waals surface area contributed by atoms with Crippen molar-refractivity contribution in [3.63, 3.8) is 0 Å². The van der Waals surface area contributed by atoms with Crippen LogP contribution >= 0.6 is 0 Å². The summed E-state index contributed by atoms with van der Waals surface area (Å²) in [6.07, 6.45) is 90.2. The van der Waals surface area contributed by atoms with E-state index < -0.39 is 24.3 Å². The Bertz CT molecular complexity index is 1810. The van der Waals surface area contributed by atoms with Crippen molar-refractivity contribution in [2.45, 2.75) is 296 Å². The fourth-order valence-corrected chi connectivity index (χ4v) is 9.46. The molecule has 0 saturated heterocycles. The number of esters is 2. The molecular weight excluding hydrogens is 1050 g/mol. The maximum Gasteiger partial charge on any atom is 0.361 e. The fraction of sp³-hybridized carbons (Fsp3) is 0.697. The van der Waals surface area contributed by atoms with Crippen LogP contribution in [-0.4, -0.2) is 87.4 Å². The van der Waals surface area contributed by atoms with Crippen molar-refractivity contribution in [2.24, 2.45) is 0 Å². The number of quaternary nitrogens is 1. The molecular formula is C76H130NO8+. The predicted molar refractivity (Wildman–Crippen MR) is 364 cm³/mol. The smallest absolute Gasteiger partial charge is 0.361 e. The number of carboxylic acids is 1. The van der Waals surface area contributed by atoms with E-state index in [0.717, 1.165) is 109 Å². The molecule has 0 heterocycles. The maximum absolute atomic E-state index is 12.9. The second kappa shape index (κ2) is 65.7. The highest BCUT2D eigenvalue weighted by Gasteiger charge is 2.25. The summed E-state index contributed by atoms with van der Waals surface area (Å²) >= 11 is 0. The average molecular weight is 1190 g/mol. The zero-order valence-corrected chi connectivity index (χ0v) is 55.5. The lowest BCUT2D eigenvalue weighted by Gasteiger charge is -2.25. The topological polar surface area (TPSA) is 108 Å². The Morgan fingerprint density at radius 3 is 1.00 bits per heavy atom. The van der Waals surface area contributed by atoms with Crippen LogP contribution in [0.25, 0.3) is 0 Å². The third-order valence-corrected chi connectivity index (χ3v) is 14.7. The second-order valence-electron chi connectivity index (χ2n) is 24.1. The van der Waals surface area contributed by atoms with Gasteiger partial charge in [0.1, 0.15) is 13.2 Å². The van der Waals surface area contributed by atoms with E-state index in [-0.39, 0.29) is 32.2 Å². The fourth-order valence-electron chi connectivity index (χ4n) is 9.46. The molecule has 0 aliphatic heterocycles. The van der Waals surface area contributed by atoms with E-state index in [1.54, 1.807) is 0 Å². The number of likely N-dealkylation sites (N-methyl/N-ethyl adjacent to an activating group) is 1. The maximum atomic E-state index is 12.9. The molecule has 0 aliphatic rings. The number of unbranched alkanes of at least 4 members (excludes halogenated alkanes) is 28. The van der Waals surface area contributed by atoms with E-state index >= 15 is 0 Å². The second-order valence-corrected chi connectivity index (χ2v) is 24.1. The number of nitrogens with zero attached hydrogens (tertiary/aromatic N) is 1. The van der Waals surface area contributed by atoms with Crippen LogP contribution in [0.15, 0.2) is 122 Å². The van der Waals surface area contributed by atoms with Gasteiger partial charge in [-0.25, -0.2) is 4.79 Å². The van der Waals surface area contributed by atoms with Crippen molar-refractivity contribution in [3.8, 4) is 0 Å². The number of carbonyl (C=O) groups excluding carboxylic acids is 2. The zero-order chi connectivity index (χ0) is 61.9. The highest BCUT2D eigenvalue weighted by molar-refractivity contribution is 5.71. The van der Waals surface area contributed by atoms with E-state index in [2.05, 4.69) is 135 Å². The predicted octanol–water partition coefficient (Wildman–Crippen LogP) is 21.6. The molecule has 85 heavy (non-hydrogen) atoms. The lowest BCUT2D eigenvalue weighted by atomic mass is 10.0. The number of aliphatic carboxylic acids is 1. The molecule has 0 bridgehead atoms. The van der Waals surface area contributed by atoms with Gasteiger partial charge in [-0.05, 0) is 89.9 Å². The van der Waals surface area contributed by atoms with Gasteiger partial charge in [-0.1, -0.05) is 302 Å². The van der Waals surface area contributed by atoms with Crippen LogP contribution in [0.1, 0.15) is 284 Å². The summed E-state index contributed by atoms with van der Waals surface area (Å²) in [7, 11) is 5.96. The zero-order valence-electron chi connectivity index (χ0n) is 55.5. The minimum Gasteiger partial charge on any atom is -0.477 e. The number of ether oxygens (including phenoxy) is 4. The molecule has 0 rings (SSSR count). The SMILES string of the molecule is CC/C=C\C/C=C\C/C=C\C/C=C\C/C=C\C/C=C\C/C=C\C/C=C\C/C=C\C/C=C\CCCCCCC(=O)OC(COC(=O)CCCCCCCCCCCCCCCCCCCCCCCCCCC)COC(OCC[N+](C)(C)C)C(=O)O. The van der Waals surface area contributed by atoms with Crippen LogP contribution in [0, 0.1) is 0 Å². The van der Waals surface area contributed by atoms with Crippen molar-refractivity contribution in [3.05, 3.63) is 122 Å². The van der Waals surface area contributed by atoms with Gasteiger partial charge in [0.25, 0.3) is 6.29 Å². The van der Waals surface area contributed by atoms with Crippen LogP contribution in [-0.2, 0) is 33.3 Å². The van der Waals surface area contributed by atoms with Gasteiger partial charge in [0, 0.05) is 12.8 Å². The quantitative estimate of drug-likeness (QED) is 0.0211. The number of hydrogen-bond donors (Lipinski definition) is 1. The van der Waals surface area contributed by atoms with Gasteiger partial charge < -0.3 is 28.5 Å². The average Bonchev–Trinajstić information content (AvgIpc) is 3.48. The van der Waals surface area contributed by atoms with Gasteiger partial charge in [0.15, 0.2) is 6.10 Å². The molecule has 9 nitrogen and oxygen atoms in total.